The van der Waals surface area contributed by atoms with E-state index in [1.165, 1.54) is 22.8 Å². The number of nitrogens with zero attached hydrogens (tertiary/aromatic N) is 4. The van der Waals surface area contributed by atoms with Crippen LogP contribution in [-0.2, 0) is 0 Å². The molecule has 1 aliphatic rings. The molecule has 3 aromatic rings. The number of hydrogen-bond donors (Lipinski definition) is 3. The third-order valence-electron chi connectivity index (χ3n) is 4.48. The molecule has 4 rings (SSSR count). The van der Waals surface area contributed by atoms with Crippen LogP contribution >= 0.6 is 11.6 Å². The summed E-state index contributed by atoms with van der Waals surface area (Å²) in [6.45, 7) is -2.98. The Morgan fingerprint density at radius 2 is 2.17 bits per heavy atom. The van der Waals surface area contributed by atoms with Gasteiger partial charge in [-0.3, -0.25) is 0 Å². The number of halogens is 3. The molecule has 0 amide bonds. The van der Waals surface area contributed by atoms with Crippen LogP contribution < -0.4 is 15.5 Å². The maximum absolute atomic E-state index is 12.9. The van der Waals surface area contributed by atoms with Crippen molar-refractivity contribution in [2.75, 3.05) is 7.05 Å². The lowest BCUT2D eigenvalue weighted by Gasteiger charge is -2.26. The number of hydrazine groups is 1. The van der Waals surface area contributed by atoms with E-state index in [9.17, 15) is 13.9 Å². The molecule has 0 fully saturated rings. The molecule has 0 spiro atoms. The molecule has 2 unspecified atom stereocenters. The largest absolute Gasteiger partial charge is 0.434 e. The zero-order chi connectivity index (χ0) is 20.5. The fourth-order valence-electron chi connectivity index (χ4n) is 3.23. The lowest BCUT2D eigenvalue weighted by atomic mass is 10.0. The highest BCUT2D eigenvalue weighted by molar-refractivity contribution is 6.30. The van der Waals surface area contributed by atoms with Gasteiger partial charge in [0.05, 0.1) is 17.9 Å². The van der Waals surface area contributed by atoms with Crippen molar-refractivity contribution in [2.24, 2.45) is 0 Å². The van der Waals surface area contributed by atoms with Gasteiger partial charge in [0, 0.05) is 30.0 Å². The number of benzene rings is 1. The number of likely N-dealkylation sites (N-methyl/N-ethyl adjacent to an activating group) is 1. The summed E-state index contributed by atoms with van der Waals surface area (Å²) in [4.78, 5) is 4.20. The van der Waals surface area contributed by atoms with Crippen molar-refractivity contribution in [3.8, 4) is 5.75 Å². The number of aliphatic hydroxyl groups is 1. The predicted molar refractivity (Wildman–Crippen MR) is 101 cm³/mol. The summed E-state index contributed by atoms with van der Waals surface area (Å²) < 4.78 is 31.9. The van der Waals surface area contributed by atoms with Gasteiger partial charge in [-0.15, -0.1) is 0 Å². The highest BCUT2D eigenvalue weighted by atomic mass is 35.5. The molecule has 0 aliphatic carbocycles. The summed E-state index contributed by atoms with van der Waals surface area (Å²) in [6, 6.07) is 7.34. The monoisotopic (exact) mass is 422 g/mol. The first-order chi connectivity index (χ1) is 13.9. The number of alkyl halides is 2. The van der Waals surface area contributed by atoms with Crippen molar-refractivity contribution in [2.45, 2.75) is 18.9 Å². The van der Waals surface area contributed by atoms with Gasteiger partial charge in [-0.2, -0.15) is 13.9 Å². The average molecular weight is 423 g/mol. The standard InChI is InChI=1S/C18H17ClF2N6O2/c1-26-16(11-7-10(19)4-5-14(11)29-18(20)21)12(8-24-26)25-17(28)13-9-22-15-3-2-6-23-27(13)15/h2-9,16-18,24-25,28H,1H3. The zero-order valence-corrected chi connectivity index (χ0v) is 15.9. The number of aliphatic hydroxyl groups excluding tert-OH is 1. The van der Waals surface area contributed by atoms with E-state index >= 15 is 0 Å². The molecule has 11 heteroatoms. The third-order valence-corrected chi connectivity index (χ3v) is 4.71. The van der Waals surface area contributed by atoms with E-state index in [-0.39, 0.29) is 5.75 Å². The molecule has 0 saturated carbocycles. The van der Waals surface area contributed by atoms with E-state index in [1.807, 2.05) is 0 Å². The topological polar surface area (TPSA) is 87.0 Å². The van der Waals surface area contributed by atoms with Gasteiger partial charge in [0.1, 0.15) is 11.4 Å². The van der Waals surface area contributed by atoms with E-state index < -0.39 is 18.9 Å². The molecule has 2 aromatic heterocycles. The number of ether oxygens (including phenoxy) is 1. The second kappa shape index (κ2) is 7.82. The number of nitrogens with one attached hydrogen (secondary N) is 2. The normalized spacial score (nSPS) is 18.0. The minimum atomic E-state index is -2.98. The zero-order valence-electron chi connectivity index (χ0n) is 15.1. The van der Waals surface area contributed by atoms with Gasteiger partial charge >= 0.3 is 6.61 Å². The minimum Gasteiger partial charge on any atom is -0.434 e. The molecular formula is C18H17ClF2N6O2. The highest BCUT2D eigenvalue weighted by Gasteiger charge is 2.31. The fraction of sp³-hybridized carbons (Fsp3) is 0.222. The summed E-state index contributed by atoms with van der Waals surface area (Å²) in [5, 5.41) is 19.9. The van der Waals surface area contributed by atoms with E-state index in [0.29, 0.717) is 27.6 Å². The minimum absolute atomic E-state index is 0.0105. The summed E-state index contributed by atoms with van der Waals surface area (Å²) in [6.07, 6.45) is 3.56. The Balaban J connectivity index is 1.64. The van der Waals surface area contributed by atoms with Crippen molar-refractivity contribution >= 4 is 17.2 Å². The van der Waals surface area contributed by atoms with Gasteiger partial charge in [0.25, 0.3) is 0 Å². The molecule has 3 N–H and O–H groups in total. The number of aromatic nitrogens is 3. The molecule has 29 heavy (non-hydrogen) atoms. The van der Waals surface area contributed by atoms with Gasteiger partial charge in [-0.05, 0) is 30.3 Å². The van der Waals surface area contributed by atoms with Crippen molar-refractivity contribution in [1.29, 1.82) is 0 Å². The van der Waals surface area contributed by atoms with Gasteiger partial charge in [-0.25, -0.2) is 14.5 Å². The van der Waals surface area contributed by atoms with Crippen LogP contribution in [0.15, 0.2) is 54.6 Å². The van der Waals surface area contributed by atoms with Crippen molar-refractivity contribution in [1.82, 2.24) is 30.3 Å². The Bertz CT molecular complexity index is 1060. The van der Waals surface area contributed by atoms with E-state index in [4.69, 9.17) is 11.6 Å². The molecular weight excluding hydrogens is 406 g/mol. The Labute approximate surface area is 169 Å². The van der Waals surface area contributed by atoms with Crippen molar-refractivity contribution in [3.63, 3.8) is 0 Å². The summed E-state index contributed by atoms with van der Waals surface area (Å²) in [5.74, 6) is -0.0105. The number of hydrogen-bond acceptors (Lipinski definition) is 7. The molecule has 152 valence electrons. The van der Waals surface area contributed by atoms with Crippen LogP contribution in [0.1, 0.15) is 23.5 Å². The van der Waals surface area contributed by atoms with E-state index in [2.05, 4.69) is 25.6 Å². The maximum atomic E-state index is 12.9. The molecule has 0 saturated heterocycles. The van der Waals surface area contributed by atoms with Crippen LogP contribution in [0, 0.1) is 0 Å². The van der Waals surface area contributed by atoms with Crippen molar-refractivity contribution in [3.05, 3.63) is 70.9 Å². The second-order valence-corrected chi connectivity index (χ2v) is 6.76. The van der Waals surface area contributed by atoms with Crippen molar-refractivity contribution < 1.29 is 18.6 Å². The van der Waals surface area contributed by atoms with Gasteiger partial charge < -0.3 is 20.6 Å². The van der Waals surface area contributed by atoms with Crippen LogP contribution in [0.4, 0.5) is 8.78 Å². The summed E-state index contributed by atoms with van der Waals surface area (Å²) in [5.41, 5.74) is 4.91. The summed E-state index contributed by atoms with van der Waals surface area (Å²) in [7, 11) is 1.73. The van der Waals surface area contributed by atoms with Gasteiger partial charge in [0.2, 0.25) is 0 Å². The smallest absolute Gasteiger partial charge is 0.387 e. The lowest BCUT2D eigenvalue weighted by molar-refractivity contribution is -0.0510. The fourth-order valence-corrected chi connectivity index (χ4v) is 3.41. The number of fused-ring (bicyclic) bond motifs is 1. The lowest BCUT2D eigenvalue weighted by Crippen LogP contribution is -2.32. The highest BCUT2D eigenvalue weighted by Crippen LogP contribution is 2.37. The van der Waals surface area contributed by atoms with Gasteiger partial charge in [0.15, 0.2) is 11.9 Å². The average Bonchev–Trinajstić information content (AvgIpc) is 3.26. The maximum Gasteiger partial charge on any atom is 0.387 e. The predicted octanol–water partition coefficient (Wildman–Crippen LogP) is 2.60. The molecule has 2 atom stereocenters. The Hall–Kier alpha value is -2.95. The first kappa shape index (κ1) is 19.4. The Morgan fingerprint density at radius 1 is 1.34 bits per heavy atom. The second-order valence-electron chi connectivity index (χ2n) is 6.33. The Kier molecular flexibility index (Phi) is 5.22. The number of imidazole rings is 1. The Morgan fingerprint density at radius 3 is 2.97 bits per heavy atom. The SMILES string of the molecule is CN1NC=C(NC(O)c2cnc3cccnn23)C1c1cc(Cl)ccc1OC(F)F. The first-order valence-electron chi connectivity index (χ1n) is 8.60. The van der Waals surface area contributed by atoms with E-state index in [1.54, 1.807) is 42.7 Å². The molecule has 1 aromatic carbocycles. The molecule has 1 aliphatic heterocycles. The molecule has 0 bridgehead atoms. The van der Waals surface area contributed by atoms with Crippen LogP contribution in [0.2, 0.25) is 5.02 Å². The first-order valence-corrected chi connectivity index (χ1v) is 8.98. The van der Waals surface area contributed by atoms with Crippen LogP contribution in [0.5, 0.6) is 5.75 Å². The van der Waals surface area contributed by atoms with Crippen LogP contribution in [0.3, 0.4) is 0 Å². The van der Waals surface area contributed by atoms with E-state index in [0.717, 1.165) is 0 Å². The van der Waals surface area contributed by atoms with Crippen LogP contribution in [-0.4, -0.2) is 38.4 Å². The number of rotatable bonds is 6. The third kappa shape index (κ3) is 3.82. The quantitative estimate of drug-likeness (QED) is 0.526. The molecule has 3 heterocycles. The molecule has 0 radical (unpaired) electrons. The molecule has 8 nitrogen and oxygen atoms in total. The summed E-state index contributed by atoms with van der Waals surface area (Å²) >= 11 is 6.09. The van der Waals surface area contributed by atoms with Crippen LogP contribution in [0.25, 0.3) is 5.65 Å². The van der Waals surface area contributed by atoms with Gasteiger partial charge in [-0.1, -0.05) is 11.6 Å².